The molecule has 43 heavy (non-hydrogen) atoms. The van der Waals surface area contributed by atoms with Crippen molar-refractivity contribution < 1.29 is 37.5 Å². The van der Waals surface area contributed by atoms with Gasteiger partial charge in [0.15, 0.2) is 16.6 Å². The van der Waals surface area contributed by atoms with Crippen molar-refractivity contribution in [3.05, 3.63) is 105 Å². The van der Waals surface area contributed by atoms with Gasteiger partial charge in [-0.3, -0.25) is 24.6 Å². The summed E-state index contributed by atoms with van der Waals surface area (Å²) in [5, 5.41) is 22.2. The molecule has 12 nitrogen and oxygen atoms in total. The normalized spacial score (nSPS) is 16.3. The summed E-state index contributed by atoms with van der Waals surface area (Å²) in [6, 6.07) is 14.6. The second-order valence-corrected chi connectivity index (χ2v) is 12.6. The number of hydrogen-bond donors (Lipinski definition) is 1. The molecule has 1 aliphatic rings. The molecule has 1 aliphatic heterocycles. The predicted octanol–water partition coefficient (Wildman–Crippen LogP) is 4.84. The van der Waals surface area contributed by atoms with E-state index in [9.17, 15) is 33.2 Å². The maximum Gasteiger partial charge on any atom is 0.301 e. The number of ether oxygens (including phenoxy) is 2. The number of methoxy groups -OCH3 is 2. The van der Waals surface area contributed by atoms with Crippen LogP contribution < -0.4 is 14.4 Å². The second-order valence-electron chi connectivity index (χ2n) is 9.37. The van der Waals surface area contributed by atoms with Crippen molar-refractivity contribution in [2.75, 3.05) is 19.1 Å². The summed E-state index contributed by atoms with van der Waals surface area (Å²) in [7, 11) is -1.32. The van der Waals surface area contributed by atoms with Gasteiger partial charge in [-0.05, 0) is 36.8 Å². The van der Waals surface area contributed by atoms with E-state index in [1.165, 1.54) is 14.2 Å². The Balaban J connectivity index is 1.65. The SMILES string of the molecule is COc1ccc(C2/C(=C(/O)c3ccc(C)cc3)C(=O)C(=O)N2c2ncc(S(=O)(=O)c3ccc([N+](=O)[O-])cc3)s2)cc1OC. The van der Waals surface area contributed by atoms with Crippen molar-refractivity contribution in [3.63, 3.8) is 0 Å². The number of carbonyl (C=O) groups excluding carboxylic acids is 2. The Morgan fingerprint density at radius 1 is 1.00 bits per heavy atom. The van der Waals surface area contributed by atoms with Gasteiger partial charge in [-0.1, -0.05) is 47.2 Å². The van der Waals surface area contributed by atoms with Crippen LogP contribution in [0.5, 0.6) is 11.5 Å². The number of aliphatic hydroxyl groups excluding tert-OH is 1. The summed E-state index contributed by atoms with van der Waals surface area (Å²) in [5.41, 5.74) is 1.07. The molecular weight excluding hydrogens is 598 g/mol. The van der Waals surface area contributed by atoms with Crippen molar-refractivity contribution in [1.82, 2.24) is 4.98 Å². The topological polar surface area (TPSA) is 166 Å². The number of Topliss-reactive ketones (excluding diaryl/α,β-unsaturated/α-hetero) is 1. The monoisotopic (exact) mass is 621 g/mol. The number of hydrogen-bond acceptors (Lipinski definition) is 11. The van der Waals surface area contributed by atoms with Crippen LogP contribution in [0.3, 0.4) is 0 Å². The van der Waals surface area contributed by atoms with Gasteiger partial charge in [-0.25, -0.2) is 13.4 Å². The number of aryl methyl sites for hydroxylation is 1. The minimum atomic E-state index is -4.19. The first kappa shape index (κ1) is 29.4. The Hall–Kier alpha value is -5.08. The van der Waals surface area contributed by atoms with Gasteiger partial charge in [0.25, 0.3) is 11.5 Å². The number of benzene rings is 3. The van der Waals surface area contributed by atoms with Gasteiger partial charge >= 0.3 is 5.91 Å². The zero-order valence-corrected chi connectivity index (χ0v) is 24.5. The molecule has 0 radical (unpaired) electrons. The summed E-state index contributed by atoms with van der Waals surface area (Å²) in [6.45, 7) is 1.86. The molecule has 0 bridgehead atoms. The molecule has 1 atom stereocenters. The Morgan fingerprint density at radius 2 is 1.65 bits per heavy atom. The van der Waals surface area contributed by atoms with E-state index >= 15 is 0 Å². The number of aliphatic hydroxyl groups is 1. The predicted molar refractivity (Wildman–Crippen MR) is 156 cm³/mol. The number of non-ortho nitro benzene ring substituents is 1. The summed E-state index contributed by atoms with van der Waals surface area (Å²) < 4.78 is 37.1. The van der Waals surface area contributed by atoms with E-state index in [1.807, 2.05) is 6.92 Å². The van der Waals surface area contributed by atoms with Gasteiger partial charge < -0.3 is 14.6 Å². The molecular formula is C29H23N3O9S2. The molecule has 0 spiro atoms. The number of aromatic nitrogens is 1. The smallest absolute Gasteiger partial charge is 0.301 e. The van der Waals surface area contributed by atoms with Gasteiger partial charge in [0, 0.05) is 17.7 Å². The zero-order valence-electron chi connectivity index (χ0n) is 22.9. The maximum atomic E-state index is 13.5. The summed E-state index contributed by atoms with van der Waals surface area (Å²) in [5.74, 6) is -1.76. The molecule has 220 valence electrons. The minimum Gasteiger partial charge on any atom is -0.507 e. The first-order valence-electron chi connectivity index (χ1n) is 12.5. The number of anilines is 1. The van der Waals surface area contributed by atoms with Gasteiger partial charge in [0.1, 0.15) is 9.97 Å². The molecule has 1 amide bonds. The lowest BCUT2D eigenvalue weighted by Gasteiger charge is -2.23. The lowest BCUT2D eigenvalue weighted by Crippen LogP contribution is -2.29. The molecule has 1 N–H and O–H groups in total. The summed E-state index contributed by atoms with van der Waals surface area (Å²) in [6.07, 6.45) is 1.04. The number of carbonyl (C=O) groups is 2. The van der Waals surface area contributed by atoms with Crippen LogP contribution in [0.25, 0.3) is 5.76 Å². The van der Waals surface area contributed by atoms with Gasteiger partial charge in [-0.15, -0.1) is 0 Å². The maximum absolute atomic E-state index is 13.5. The first-order valence-corrected chi connectivity index (χ1v) is 14.8. The highest BCUT2D eigenvalue weighted by atomic mass is 32.2. The molecule has 0 saturated carbocycles. The van der Waals surface area contributed by atoms with E-state index < -0.39 is 38.3 Å². The van der Waals surface area contributed by atoms with Gasteiger partial charge in [0.2, 0.25) is 9.84 Å². The lowest BCUT2D eigenvalue weighted by atomic mass is 9.95. The van der Waals surface area contributed by atoms with Crippen molar-refractivity contribution >= 4 is 49.4 Å². The quantitative estimate of drug-likeness (QED) is 0.0946. The third-order valence-corrected chi connectivity index (χ3v) is 10.0. The highest BCUT2D eigenvalue weighted by Gasteiger charge is 2.48. The molecule has 1 saturated heterocycles. The van der Waals surface area contributed by atoms with Crippen molar-refractivity contribution in [2.24, 2.45) is 0 Å². The number of ketones is 1. The van der Waals surface area contributed by atoms with Crippen molar-refractivity contribution in [3.8, 4) is 11.5 Å². The number of nitro groups is 1. The number of amides is 1. The molecule has 1 unspecified atom stereocenters. The second kappa shape index (κ2) is 11.3. The Morgan fingerprint density at radius 3 is 2.26 bits per heavy atom. The van der Waals surface area contributed by atoms with Crippen molar-refractivity contribution in [1.29, 1.82) is 0 Å². The number of sulfone groups is 1. The highest BCUT2D eigenvalue weighted by Crippen LogP contribution is 2.45. The van der Waals surface area contributed by atoms with Crippen LogP contribution in [-0.4, -0.2) is 49.3 Å². The number of rotatable bonds is 8. The third kappa shape index (κ3) is 5.21. The number of nitrogens with zero attached hydrogens (tertiary/aromatic N) is 3. The first-order chi connectivity index (χ1) is 20.5. The summed E-state index contributed by atoms with van der Waals surface area (Å²) >= 11 is 0.636. The van der Waals surface area contributed by atoms with Crippen LogP contribution in [0.4, 0.5) is 10.8 Å². The fraction of sp³-hybridized carbons (Fsp3) is 0.138. The molecule has 14 heteroatoms. The summed E-state index contributed by atoms with van der Waals surface area (Å²) in [4.78, 5) is 42.3. The van der Waals surface area contributed by atoms with E-state index in [0.29, 0.717) is 34.0 Å². The van der Waals surface area contributed by atoms with E-state index in [1.54, 1.807) is 42.5 Å². The Bertz CT molecular complexity index is 1900. The number of thiazole rings is 1. The van der Waals surface area contributed by atoms with Crippen LogP contribution in [0.1, 0.15) is 22.7 Å². The molecule has 4 aromatic rings. The van der Waals surface area contributed by atoms with Crippen LogP contribution in [0, 0.1) is 17.0 Å². The molecule has 5 rings (SSSR count). The van der Waals surface area contributed by atoms with E-state index in [-0.39, 0.29) is 25.5 Å². The van der Waals surface area contributed by atoms with Gasteiger partial charge in [-0.2, -0.15) is 0 Å². The fourth-order valence-corrected chi connectivity index (χ4v) is 7.13. The molecule has 0 aliphatic carbocycles. The van der Waals surface area contributed by atoms with Crippen molar-refractivity contribution in [2.45, 2.75) is 22.1 Å². The average molecular weight is 622 g/mol. The van der Waals surface area contributed by atoms with Crippen LogP contribution in [0.15, 0.2) is 87.6 Å². The van der Waals surface area contributed by atoms with E-state index in [4.69, 9.17) is 9.47 Å². The van der Waals surface area contributed by atoms with Crippen LogP contribution in [0.2, 0.25) is 0 Å². The van der Waals surface area contributed by atoms with Gasteiger partial charge in [0.05, 0.1) is 41.9 Å². The largest absolute Gasteiger partial charge is 0.507 e. The zero-order chi connectivity index (χ0) is 31.1. The lowest BCUT2D eigenvalue weighted by molar-refractivity contribution is -0.384. The average Bonchev–Trinajstić information content (AvgIpc) is 3.60. The molecule has 1 aromatic heterocycles. The molecule has 2 heterocycles. The third-order valence-electron chi connectivity index (χ3n) is 6.79. The van der Waals surface area contributed by atoms with E-state index in [0.717, 1.165) is 40.9 Å². The molecule has 3 aromatic carbocycles. The van der Waals surface area contributed by atoms with Crippen LogP contribution >= 0.6 is 11.3 Å². The standard InChI is InChI=1S/C29H23N3O9S2/c1-16-4-6-17(7-5-16)26(33)24-25(18-8-13-21(40-2)22(14-18)41-3)31(28(35)27(24)34)29-30-15-23(42-29)43(38,39)20-11-9-19(10-12-20)32(36)37/h4-15,25,33H,1-3H3/b26-24-. The Labute approximate surface area is 249 Å². The minimum absolute atomic E-state index is 0.120. The molecule has 1 fully saturated rings. The fourth-order valence-electron chi connectivity index (χ4n) is 4.58. The highest BCUT2D eigenvalue weighted by molar-refractivity contribution is 7.93. The Kier molecular flexibility index (Phi) is 7.73. The number of nitro benzene ring substituents is 1. The van der Waals surface area contributed by atoms with E-state index in [2.05, 4.69) is 4.98 Å². The van der Waals surface area contributed by atoms with Crippen LogP contribution in [-0.2, 0) is 19.4 Å².